The number of aryl methyl sites for hydroxylation is 1. The fourth-order valence-electron chi connectivity index (χ4n) is 1.74. The van der Waals surface area contributed by atoms with E-state index in [1.165, 1.54) is 0 Å². The Balaban J connectivity index is 2.14. The van der Waals surface area contributed by atoms with Crippen LogP contribution in [0.15, 0.2) is 23.0 Å². The van der Waals surface area contributed by atoms with E-state index in [0.29, 0.717) is 29.6 Å². The van der Waals surface area contributed by atoms with Crippen molar-refractivity contribution >= 4 is 5.82 Å². The minimum Gasteiger partial charge on any atom is -0.493 e. The molecule has 0 fully saturated rings. The third-order valence-corrected chi connectivity index (χ3v) is 2.78. The number of methoxy groups -OCH3 is 2. The number of hydrogen-bond donors (Lipinski definition) is 2. The highest BCUT2D eigenvalue weighted by Crippen LogP contribution is 2.27. The lowest BCUT2D eigenvalue weighted by molar-refractivity contribution is 0.354. The Morgan fingerprint density at radius 3 is 2.70 bits per heavy atom. The summed E-state index contributed by atoms with van der Waals surface area (Å²) in [6.45, 7) is 2.26. The van der Waals surface area contributed by atoms with E-state index in [1.807, 2.05) is 18.2 Å². The van der Waals surface area contributed by atoms with Gasteiger partial charge in [-0.25, -0.2) is 9.89 Å². The average molecular weight is 276 g/mol. The normalized spacial score (nSPS) is 10.2. The first-order valence-electron chi connectivity index (χ1n) is 6.02. The molecule has 0 saturated heterocycles. The summed E-state index contributed by atoms with van der Waals surface area (Å²) in [6.07, 6.45) is 0. The van der Waals surface area contributed by atoms with Crippen LogP contribution in [-0.4, -0.2) is 29.4 Å². The summed E-state index contributed by atoms with van der Waals surface area (Å²) in [7, 11) is 3.17. The van der Waals surface area contributed by atoms with Crippen molar-refractivity contribution in [2.45, 2.75) is 13.5 Å². The van der Waals surface area contributed by atoms with Crippen molar-refractivity contribution in [1.82, 2.24) is 15.2 Å². The average Bonchev–Trinajstić information content (AvgIpc) is 2.47. The standard InChI is InChI=1S/C13H16N4O3/c1-8-12(15-13(18)17-16-8)14-7-9-4-5-10(19-2)11(6-9)20-3/h4-6H,7H2,1-3H3,(H2,14,15,17,18). The van der Waals surface area contributed by atoms with Crippen LogP contribution in [0.4, 0.5) is 5.82 Å². The minimum atomic E-state index is -0.481. The van der Waals surface area contributed by atoms with E-state index in [9.17, 15) is 4.79 Å². The van der Waals surface area contributed by atoms with Gasteiger partial charge in [0.15, 0.2) is 17.3 Å². The molecule has 1 heterocycles. The van der Waals surface area contributed by atoms with Crippen molar-refractivity contribution in [3.05, 3.63) is 39.9 Å². The van der Waals surface area contributed by atoms with Gasteiger partial charge in [0.1, 0.15) is 5.69 Å². The van der Waals surface area contributed by atoms with Crippen LogP contribution in [-0.2, 0) is 6.54 Å². The van der Waals surface area contributed by atoms with E-state index in [4.69, 9.17) is 9.47 Å². The number of anilines is 1. The van der Waals surface area contributed by atoms with Crippen LogP contribution in [0.2, 0.25) is 0 Å². The number of nitrogens with one attached hydrogen (secondary N) is 2. The van der Waals surface area contributed by atoms with Gasteiger partial charge in [0.05, 0.1) is 14.2 Å². The Labute approximate surface area is 116 Å². The van der Waals surface area contributed by atoms with Crippen molar-refractivity contribution in [3.63, 3.8) is 0 Å². The van der Waals surface area contributed by atoms with E-state index in [0.717, 1.165) is 5.56 Å². The molecule has 0 spiro atoms. The maximum absolute atomic E-state index is 11.1. The smallest absolute Gasteiger partial charge is 0.363 e. The highest BCUT2D eigenvalue weighted by Gasteiger charge is 2.06. The highest BCUT2D eigenvalue weighted by atomic mass is 16.5. The van der Waals surface area contributed by atoms with Gasteiger partial charge >= 0.3 is 5.69 Å². The van der Waals surface area contributed by atoms with Crippen molar-refractivity contribution in [2.24, 2.45) is 0 Å². The Hall–Kier alpha value is -2.57. The minimum absolute atomic E-state index is 0.462. The third-order valence-electron chi connectivity index (χ3n) is 2.78. The van der Waals surface area contributed by atoms with Gasteiger partial charge in [-0.05, 0) is 24.6 Å². The van der Waals surface area contributed by atoms with Crippen molar-refractivity contribution in [3.8, 4) is 11.5 Å². The van der Waals surface area contributed by atoms with E-state index in [-0.39, 0.29) is 0 Å². The number of nitrogens with zero attached hydrogens (tertiary/aromatic N) is 2. The van der Waals surface area contributed by atoms with Gasteiger partial charge in [-0.3, -0.25) is 0 Å². The summed E-state index contributed by atoms with van der Waals surface area (Å²) >= 11 is 0. The fraction of sp³-hybridized carbons (Fsp3) is 0.308. The summed E-state index contributed by atoms with van der Waals surface area (Å²) in [5.41, 5.74) is 1.12. The monoisotopic (exact) mass is 276 g/mol. The van der Waals surface area contributed by atoms with Crippen LogP contribution < -0.4 is 20.5 Å². The molecule has 7 nitrogen and oxygen atoms in total. The van der Waals surface area contributed by atoms with Gasteiger partial charge in [0.2, 0.25) is 0 Å². The van der Waals surface area contributed by atoms with E-state index in [1.54, 1.807) is 21.1 Å². The Morgan fingerprint density at radius 2 is 2.00 bits per heavy atom. The molecule has 7 heteroatoms. The number of H-pyrrole nitrogens is 1. The molecule has 0 aliphatic heterocycles. The molecule has 2 rings (SSSR count). The van der Waals surface area contributed by atoms with Crippen molar-refractivity contribution < 1.29 is 9.47 Å². The van der Waals surface area contributed by atoms with Crippen LogP contribution in [0.5, 0.6) is 11.5 Å². The first-order valence-corrected chi connectivity index (χ1v) is 6.02. The molecule has 0 saturated carbocycles. The number of ether oxygens (including phenoxy) is 2. The molecule has 20 heavy (non-hydrogen) atoms. The lowest BCUT2D eigenvalue weighted by Gasteiger charge is -2.11. The molecule has 0 aliphatic rings. The quantitative estimate of drug-likeness (QED) is 0.850. The number of aromatic amines is 1. The fourth-order valence-corrected chi connectivity index (χ4v) is 1.74. The predicted molar refractivity (Wildman–Crippen MR) is 74.3 cm³/mol. The maximum Gasteiger partial charge on any atom is 0.363 e. The van der Waals surface area contributed by atoms with Gasteiger partial charge in [0.25, 0.3) is 0 Å². The molecule has 106 valence electrons. The van der Waals surface area contributed by atoms with Gasteiger partial charge in [-0.15, -0.1) is 0 Å². The molecule has 0 amide bonds. The Kier molecular flexibility index (Phi) is 4.19. The number of rotatable bonds is 5. The lowest BCUT2D eigenvalue weighted by atomic mass is 10.2. The van der Waals surface area contributed by atoms with Crippen LogP contribution >= 0.6 is 0 Å². The molecule has 2 aromatic rings. The zero-order valence-corrected chi connectivity index (χ0v) is 11.6. The zero-order chi connectivity index (χ0) is 14.5. The molecular formula is C13H16N4O3. The third kappa shape index (κ3) is 3.05. The summed E-state index contributed by atoms with van der Waals surface area (Å²) in [6, 6.07) is 5.60. The van der Waals surface area contributed by atoms with Crippen molar-refractivity contribution in [2.75, 3.05) is 19.5 Å². The van der Waals surface area contributed by atoms with Gasteiger partial charge in [0, 0.05) is 6.54 Å². The SMILES string of the molecule is COc1ccc(CNc2nc(=O)[nH]nc2C)cc1OC. The second kappa shape index (κ2) is 6.05. The van der Waals surface area contributed by atoms with Crippen LogP contribution in [0, 0.1) is 6.92 Å². The summed E-state index contributed by atoms with van der Waals surface area (Å²) in [4.78, 5) is 15.0. The predicted octanol–water partition coefficient (Wildman–Crippen LogP) is 1.10. The van der Waals surface area contributed by atoms with E-state index < -0.39 is 5.69 Å². The van der Waals surface area contributed by atoms with Crippen LogP contribution in [0.1, 0.15) is 11.3 Å². The van der Waals surface area contributed by atoms with E-state index in [2.05, 4.69) is 20.5 Å². The first-order chi connectivity index (χ1) is 9.63. The topological polar surface area (TPSA) is 89.1 Å². The summed E-state index contributed by atoms with van der Waals surface area (Å²) in [5.74, 6) is 1.78. The maximum atomic E-state index is 11.1. The molecular weight excluding hydrogens is 260 g/mol. The number of aromatic nitrogens is 3. The Morgan fingerprint density at radius 1 is 1.25 bits per heavy atom. The molecule has 0 aliphatic carbocycles. The van der Waals surface area contributed by atoms with Gasteiger partial charge < -0.3 is 14.8 Å². The van der Waals surface area contributed by atoms with Crippen LogP contribution in [0.3, 0.4) is 0 Å². The number of hydrogen-bond acceptors (Lipinski definition) is 6. The molecule has 0 atom stereocenters. The Bertz CT molecular complexity index is 654. The van der Waals surface area contributed by atoms with Crippen LogP contribution in [0.25, 0.3) is 0 Å². The van der Waals surface area contributed by atoms with E-state index >= 15 is 0 Å². The second-order valence-corrected chi connectivity index (χ2v) is 4.12. The molecule has 0 unspecified atom stereocenters. The summed E-state index contributed by atoms with van der Waals surface area (Å²) in [5, 5.41) is 9.19. The molecule has 0 radical (unpaired) electrons. The second-order valence-electron chi connectivity index (χ2n) is 4.12. The molecule has 1 aromatic carbocycles. The highest BCUT2D eigenvalue weighted by molar-refractivity contribution is 5.45. The number of benzene rings is 1. The first kappa shape index (κ1) is 13.9. The molecule has 0 bridgehead atoms. The lowest BCUT2D eigenvalue weighted by Crippen LogP contribution is -2.17. The zero-order valence-electron chi connectivity index (χ0n) is 11.6. The van der Waals surface area contributed by atoms with Gasteiger partial charge in [-0.2, -0.15) is 10.1 Å². The molecule has 2 N–H and O–H groups in total. The largest absolute Gasteiger partial charge is 0.493 e. The molecule has 1 aromatic heterocycles. The summed E-state index contributed by atoms with van der Waals surface area (Å²) < 4.78 is 10.4. The van der Waals surface area contributed by atoms with Crippen molar-refractivity contribution in [1.29, 1.82) is 0 Å². The van der Waals surface area contributed by atoms with Gasteiger partial charge in [-0.1, -0.05) is 6.07 Å².